The van der Waals surface area contributed by atoms with Gasteiger partial charge in [0.25, 0.3) is 0 Å². The molecular formula is C13H24N2O4. The van der Waals surface area contributed by atoms with E-state index in [0.29, 0.717) is 25.9 Å². The number of hydrogen-bond donors (Lipinski definition) is 3. The molecule has 1 aliphatic heterocycles. The zero-order valence-corrected chi connectivity index (χ0v) is 11.8. The number of piperazine rings is 1. The standard InChI is InChI=1S/C13H24N2O4/c1-4-13(5-2,12(18)19)10-8-14-7-9(15(10)3)6-11(16)17/h9-10,14H,4-8H2,1-3H3,(H,16,17)(H,18,19)/t9-,10+/m0/s1. The lowest BCUT2D eigenvalue weighted by Gasteiger charge is -2.47. The molecule has 19 heavy (non-hydrogen) atoms. The summed E-state index contributed by atoms with van der Waals surface area (Å²) >= 11 is 0. The van der Waals surface area contributed by atoms with Gasteiger partial charge < -0.3 is 15.5 Å². The van der Waals surface area contributed by atoms with Crippen LogP contribution in [0.2, 0.25) is 0 Å². The van der Waals surface area contributed by atoms with E-state index in [1.54, 1.807) is 0 Å². The van der Waals surface area contributed by atoms with Crippen molar-refractivity contribution in [1.29, 1.82) is 0 Å². The van der Waals surface area contributed by atoms with Gasteiger partial charge >= 0.3 is 11.9 Å². The van der Waals surface area contributed by atoms with Crippen molar-refractivity contribution in [3.63, 3.8) is 0 Å². The Morgan fingerprint density at radius 2 is 1.84 bits per heavy atom. The van der Waals surface area contributed by atoms with Gasteiger partial charge in [0.05, 0.1) is 11.8 Å². The average Bonchev–Trinajstić information content (AvgIpc) is 2.34. The Kier molecular flexibility index (Phi) is 5.31. The van der Waals surface area contributed by atoms with E-state index < -0.39 is 17.4 Å². The smallest absolute Gasteiger partial charge is 0.311 e. The molecule has 1 fully saturated rings. The molecule has 1 saturated heterocycles. The fourth-order valence-corrected chi connectivity index (χ4v) is 3.10. The molecule has 110 valence electrons. The molecule has 1 aliphatic rings. The summed E-state index contributed by atoms with van der Waals surface area (Å²) < 4.78 is 0. The monoisotopic (exact) mass is 272 g/mol. The SMILES string of the molecule is CCC(CC)(C(=O)O)[C@H]1CNC[C@H](CC(=O)O)N1C. The van der Waals surface area contributed by atoms with E-state index in [4.69, 9.17) is 5.11 Å². The lowest BCUT2D eigenvalue weighted by atomic mass is 9.73. The van der Waals surface area contributed by atoms with E-state index in [1.807, 2.05) is 25.8 Å². The minimum atomic E-state index is -0.853. The van der Waals surface area contributed by atoms with Crippen LogP contribution in [0, 0.1) is 5.41 Å². The van der Waals surface area contributed by atoms with Crippen molar-refractivity contribution in [2.24, 2.45) is 5.41 Å². The molecule has 0 amide bonds. The first kappa shape index (κ1) is 15.9. The van der Waals surface area contributed by atoms with Gasteiger partial charge in [0.15, 0.2) is 0 Å². The van der Waals surface area contributed by atoms with E-state index in [2.05, 4.69) is 5.32 Å². The van der Waals surface area contributed by atoms with Crippen molar-refractivity contribution < 1.29 is 19.8 Å². The summed E-state index contributed by atoms with van der Waals surface area (Å²) in [6, 6.07) is -0.342. The van der Waals surface area contributed by atoms with E-state index >= 15 is 0 Å². The highest BCUT2D eigenvalue weighted by Crippen LogP contribution is 2.35. The Morgan fingerprint density at radius 3 is 2.26 bits per heavy atom. The third-order valence-corrected chi connectivity index (χ3v) is 4.52. The number of carboxylic acids is 2. The van der Waals surface area contributed by atoms with Crippen molar-refractivity contribution in [2.45, 2.75) is 45.2 Å². The second kappa shape index (κ2) is 6.34. The van der Waals surface area contributed by atoms with Crippen molar-refractivity contribution >= 4 is 11.9 Å². The maximum absolute atomic E-state index is 11.7. The second-order valence-corrected chi connectivity index (χ2v) is 5.26. The van der Waals surface area contributed by atoms with Crippen LogP contribution in [0.5, 0.6) is 0 Å². The molecule has 0 aromatic rings. The van der Waals surface area contributed by atoms with Crippen molar-refractivity contribution in [2.75, 3.05) is 20.1 Å². The minimum absolute atomic E-state index is 0.0309. The molecule has 1 rings (SSSR count). The lowest BCUT2D eigenvalue weighted by Crippen LogP contribution is -2.63. The second-order valence-electron chi connectivity index (χ2n) is 5.26. The van der Waals surface area contributed by atoms with Crippen LogP contribution < -0.4 is 5.32 Å². The molecule has 0 bridgehead atoms. The van der Waals surface area contributed by atoms with Gasteiger partial charge in [0.1, 0.15) is 0 Å². The molecule has 0 aliphatic carbocycles. The third-order valence-electron chi connectivity index (χ3n) is 4.52. The average molecular weight is 272 g/mol. The number of carbonyl (C=O) groups is 2. The maximum Gasteiger partial charge on any atom is 0.311 e. The largest absolute Gasteiger partial charge is 0.481 e. The number of nitrogens with one attached hydrogen (secondary N) is 1. The molecule has 0 saturated carbocycles. The highest BCUT2D eigenvalue weighted by molar-refractivity contribution is 5.75. The lowest BCUT2D eigenvalue weighted by molar-refractivity contribution is -0.156. The van der Waals surface area contributed by atoms with Crippen molar-refractivity contribution in [3.05, 3.63) is 0 Å². The summed E-state index contributed by atoms with van der Waals surface area (Å²) in [6.07, 6.45) is 1.10. The molecule has 6 heteroatoms. The number of rotatable bonds is 6. The first-order chi connectivity index (χ1) is 8.89. The molecule has 0 unspecified atom stereocenters. The fraction of sp³-hybridized carbons (Fsp3) is 0.846. The normalized spacial score (nSPS) is 25.2. The summed E-state index contributed by atoms with van der Waals surface area (Å²) in [5, 5.41) is 21.7. The topological polar surface area (TPSA) is 89.9 Å². The molecule has 0 radical (unpaired) electrons. The van der Waals surface area contributed by atoms with Gasteiger partial charge in [-0.05, 0) is 19.9 Å². The Hall–Kier alpha value is -1.14. The number of aliphatic carboxylic acids is 2. The zero-order chi connectivity index (χ0) is 14.6. The van der Waals surface area contributed by atoms with Crippen LogP contribution in [-0.2, 0) is 9.59 Å². The van der Waals surface area contributed by atoms with Gasteiger partial charge in [-0.15, -0.1) is 0 Å². The van der Waals surface area contributed by atoms with Crippen molar-refractivity contribution in [1.82, 2.24) is 10.2 Å². The summed E-state index contributed by atoms with van der Waals surface area (Å²) in [7, 11) is 1.84. The molecule has 3 N–H and O–H groups in total. The third kappa shape index (κ3) is 3.06. The number of hydrogen-bond acceptors (Lipinski definition) is 4. The molecule has 0 aromatic carbocycles. The fourth-order valence-electron chi connectivity index (χ4n) is 3.10. The Morgan fingerprint density at radius 1 is 1.26 bits per heavy atom. The van der Waals surface area contributed by atoms with Crippen LogP contribution in [0.1, 0.15) is 33.1 Å². The highest BCUT2D eigenvalue weighted by atomic mass is 16.4. The molecular weight excluding hydrogens is 248 g/mol. The molecule has 0 aromatic heterocycles. The van der Waals surface area contributed by atoms with Gasteiger partial charge in [-0.1, -0.05) is 13.8 Å². The summed E-state index contributed by atoms with van der Waals surface area (Å²) in [6.45, 7) is 4.93. The summed E-state index contributed by atoms with van der Waals surface area (Å²) in [4.78, 5) is 24.5. The van der Waals surface area contributed by atoms with Crippen LogP contribution in [0.15, 0.2) is 0 Å². The maximum atomic E-state index is 11.7. The molecule has 0 spiro atoms. The highest BCUT2D eigenvalue weighted by Gasteiger charge is 2.47. The predicted octanol–water partition coefficient (Wildman–Crippen LogP) is 0.624. The van der Waals surface area contributed by atoms with Gasteiger partial charge in [0, 0.05) is 25.2 Å². The first-order valence-electron chi connectivity index (χ1n) is 6.76. The summed E-state index contributed by atoms with van der Waals surface area (Å²) in [5.41, 5.74) is -0.821. The minimum Gasteiger partial charge on any atom is -0.481 e. The van der Waals surface area contributed by atoms with Gasteiger partial charge in [0.2, 0.25) is 0 Å². The Bertz CT molecular complexity index is 342. The van der Waals surface area contributed by atoms with Gasteiger partial charge in [-0.2, -0.15) is 0 Å². The first-order valence-corrected chi connectivity index (χ1v) is 6.76. The van der Waals surface area contributed by atoms with E-state index in [9.17, 15) is 14.7 Å². The van der Waals surface area contributed by atoms with Crippen LogP contribution in [0.4, 0.5) is 0 Å². The predicted molar refractivity (Wildman–Crippen MR) is 71.1 cm³/mol. The quantitative estimate of drug-likeness (QED) is 0.657. The Labute approximate surface area is 113 Å². The molecule has 1 heterocycles. The number of likely N-dealkylation sites (N-methyl/N-ethyl adjacent to an activating group) is 1. The van der Waals surface area contributed by atoms with E-state index in [0.717, 1.165) is 0 Å². The zero-order valence-electron chi connectivity index (χ0n) is 11.8. The van der Waals surface area contributed by atoms with Crippen LogP contribution in [0.25, 0.3) is 0 Å². The number of nitrogens with zero attached hydrogens (tertiary/aromatic N) is 1. The Balaban J connectivity index is 2.97. The van der Waals surface area contributed by atoms with Gasteiger partial charge in [-0.25, -0.2) is 0 Å². The molecule has 6 nitrogen and oxygen atoms in total. The van der Waals surface area contributed by atoms with Crippen LogP contribution in [0.3, 0.4) is 0 Å². The van der Waals surface area contributed by atoms with Crippen molar-refractivity contribution in [3.8, 4) is 0 Å². The van der Waals surface area contributed by atoms with Gasteiger partial charge in [-0.3, -0.25) is 14.5 Å². The van der Waals surface area contributed by atoms with Crippen LogP contribution in [-0.4, -0.2) is 59.3 Å². The van der Waals surface area contributed by atoms with E-state index in [-0.39, 0.29) is 18.5 Å². The number of carboxylic acid groups (broad SMARTS) is 2. The summed E-state index contributed by atoms with van der Waals surface area (Å²) in [5.74, 6) is -1.65. The van der Waals surface area contributed by atoms with E-state index in [1.165, 1.54) is 0 Å². The van der Waals surface area contributed by atoms with Crippen LogP contribution >= 0.6 is 0 Å². The molecule has 2 atom stereocenters.